The van der Waals surface area contributed by atoms with Crippen LogP contribution in [0.3, 0.4) is 0 Å². The largest absolute Gasteiger partial charge is 0.507 e. The zero-order valence-corrected chi connectivity index (χ0v) is 13.8. The summed E-state index contributed by atoms with van der Waals surface area (Å²) in [5, 5.41) is 10.8. The number of halogens is 2. The Morgan fingerprint density at radius 1 is 1.24 bits per heavy atom. The summed E-state index contributed by atoms with van der Waals surface area (Å²) in [4.78, 5) is 4.67. The van der Waals surface area contributed by atoms with E-state index in [1.54, 1.807) is 6.07 Å². The first-order valence-corrected chi connectivity index (χ1v) is 7.92. The van der Waals surface area contributed by atoms with Gasteiger partial charge in [-0.05, 0) is 42.8 Å². The number of rotatable bonds is 3. The van der Waals surface area contributed by atoms with Gasteiger partial charge in [-0.15, -0.1) is 0 Å². The molecule has 0 aliphatic carbocycles. The molecule has 0 spiro atoms. The minimum absolute atomic E-state index is 0.219. The topological polar surface area (TPSA) is 38.0 Å². The lowest BCUT2D eigenvalue weighted by molar-refractivity contribution is 0.476. The second-order valence-electron chi connectivity index (χ2n) is 4.88. The number of phenols is 1. The average molecular weight is 366 g/mol. The minimum Gasteiger partial charge on any atom is -0.507 e. The molecule has 0 bridgehead atoms. The fourth-order valence-electron chi connectivity index (χ4n) is 2.44. The molecule has 1 N–H and O–H groups in total. The number of fused-ring (bicyclic) bond motifs is 1. The fraction of sp³-hybridized carbons (Fsp3) is 0.188. The highest BCUT2D eigenvalue weighted by atomic mass is 79.9. The van der Waals surface area contributed by atoms with Crippen LogP contribution < -0.4 is 0 Å². The number of hydrogen-bond donors (Lipinski definition) is 1. The van der Waals surface area contributed by atoms with Gasteiger partial charge in [0.05, 0.1) is 16.6 Å². The Hall–Kier alpha value is -1.52. The first-order valence-electron chi connectivity index (χ1n) is 6.75. The van der Waals surface area contributed by atoms with Crippen molar-refractivity contribution in [3.63, 3.8) is 0 Å². The number of nitrogens with zero attached hydrogens (tertiary/aromatic N) is 2. The molecule has 0 fully saturated rings. The van der Waals surface area contributed by atoms with Crippen LogP contribution in [-0.4, -0.2) is 14.7 Å². The van der Waals surface area contributed by atoms with Gasteiger partial charge >= 0.3 is 0 Å². The summed E-state index contributed by atoms with van der Waals surface area (Å²) < 4.78 is 3.01. The van der Waals surface area contributed by atoms with Crippen LogP contribution in [0.4, 0.5) is 0 Å². The number of aryl methyl sites for hydroxylation is 1. The normalized spacial score (nSPS) is 11.2. The second kappa shape index (κ2) is 5.70. The van der Waals surface area contributed by atoms with Crippen molar-refractivity contribution in [1.29, 1.82) is 0 Å². The van der Waals surface area contributed by atoms with Crippen molar-refractivity contribution < 1.29 is 5.11 Å². The minimum atomic E-state index is 0.219. The van der Waals surface area contributed by atoms with E-state index in [2.05, 4.69) is 32.4 Å². The predicted molar refractivity (Wildman–Crippen MR) is 89.8 cm³/mol. The third-order valence-corrected chi connectivity index (χ3v) is 4.09. The van der Waals surface area contributed by atoms with Crippen molar-refractivity contribution in [3.8, 4) is 17.1 Å². The molecule has 0 aliphatic rings. The molecule has 5 heteroatoms. The SMILES string of the molecule is CCCn1c(-c2cc(Br)ccc2O)nc2ccc(Cl)cc21. The molecule has 3 aromatic rings. The van der Waals surface area contributed by atoms with Crippen LogP contribution in [0.2, 0.25) is 5.02 Å². The molecule has 0 saturated heterocycles. The number of phenolic OH excluding ortho intramolecular Hbond substituents is 1. The smallest absolute Gasteiger partial charge is 0.144 e. The summed E-state index contributed by atoms with van der Waals surface area (Å²) in [5.41, 5.74) is 2.58. The molecule has 1 aromatic heterocycles. The molecular weight excluding hydrogens is 352 g/mol. The highest BCUT2D eigenvalue weighted by Crippen LogP contribution is 2.34. The predicted octanol–water partition coefficient (Wildman–Crippen LogP) is 5.23. The van der Waals surface area contributed by atoms with Crippen molar-refractivity contribution in [1.82, 2.24) is 9.55 Å². The van der Waals surface area contributed by atoms with E-state index in [9.17, 15) is 5.11 Å². The van der Waals surface area contributed by atoms with E-state index in [0.29, 0.717) is 10.6 Å². The summed E-state index contributed by atoms with van der Waals surface area (Å²) in [6, 6.07) is 11.0. The van der Waals surface area contributed by atoms with Crippen LogP contribution in [0, 0.1) is 0 Å². The number of imidazole rings is 1. The van der Waals surface area contributed by atoms with Gasteiger partial charge in [0.25, 0.3) is 0 Å². The van der Waals surface area contributed by atoms with Crippen molar-refractivity contribution in [3.05, 3.63) is 45.9 Å². The van der Waals surface area contributed by atoms with E-state index in [1.807, 2.05) is 30.3 Å². The van der Waals surface area contributed by atoms with E-state index in [-0.39, 0.29) is 5.75 Å². The van der Waals surface area contributed by atoms with Crippen LogP contribution in [0.5, 0.6) is 5.75 Å². The Morgan fingerprint density at radius 2 is 2.05 bits per heavy atom. The zero-order valence-electron chi connectivity index (χ0n) is 11.5. The summed E-state index contributed by atoms with van der Waals surface area (Å²) in [5.74, 6) is 0.977. The zero-order chi connectivity index (χ0) is 15.0. The molecule has 108 valence electrons. The van der Waals surface area contributed by atoms with Crippen LogP contribution in [0.1, 0.15) is 13.3 Å². The van der Waals surface area contributed by atoms with Gasteiger partial charge in [-0.1, -0.05) is 34.5 Å². The highest BCUT2D eigenvalue weighted by Gasteiger charge is 2.15. The van der Waals surface area contributed by atoms with Crippen molar-refractivity contribution in [2.75, 3.05) is 0 Å². The first-order chi connectivity index (χ1) is 10.1. The molecule has 3 nitrogen and oxygen atoms in total. The molecule has 3 rings (SSSR count). The van der Waals surface area contributed by atoms with E-state index < -0.39 is 0 Å². The summed E-state index contributed by atoms with van der Waals surface area (Å²) in [7, 11) is 0. The third-order valence-electron chi connectivity index (χ3n) is 3.36. The quantitative estimate of drug-likeness (QED) is 0.689. The Balaban J connectivity index is 2.30. The second-order valence-corrected chi connectivity index (χ2v) is 6.23. The molecule has 0 saturated carbocycles. The lowest BCUT2D eigenvalue weighted by atomic mass is 10.2. The van der Waals surface area contributed by atoms with E-state index in [1.165, 1.54) is 0 Å². The van der Waals surface area contributed by atoms with Crippen LogP contribution in [0.25, 0.3) is 22.4 Å². The van der Waals surface area contributed by atoms with Crippen molar-refractivity contribution >= 4 is 38.6 Å². The Labute approximate surface area is 136 Å². The van der Waals surface area contributed by atoms with Gasteiger partial charge in [-0.3, -0.25) is 0 Å². The van der Waals surface area contributed by atoms with E-state index >= 15 is 0 Å². The maximum absolute atomic E-state index is 10.2. The van der Waals surface area contributed by atoms with Gasteiger partial charge in [0, 0.05) is 16.0 Å². The Bertz CT molecular complexity index is 813. The van der Waals surface area contributed by atoms with Crippen LogP contribution >= 0.6 is 27.5 Å². The Morgan fingerprint density at radius 3 is 2.81 bits per heavy atom. The molecule has 0 amide bonds. The molecule has 0 unspecified atom stereocenters. The maximum atomic E-state index is 10.2. The molecule has 2 aromatic carbocycles. The summed E-state index contributed by atoms with van der Waals surface area (Å²) in [6.07, 6.45) is 0.972. The first kappa shape index (κ1) is 14.4. The fourth-order valence-corrected chi connectivity index (χ4v) is 2.97. The highest BCUT2D eigenvalue weighted by molar-refractivity contribution is 9.10. The molecule has 0 atom stereocenters. The van der Waals surface area contributed by atoms with Crippen LogP contribution in [-0.2, 0) is 6.54 Å². The standard InChI is InChI=1S/C16H14BrClN2O/c1-2-7-20-14-9-11(18)4-5-13(14)19-16(20)12-8-10(17)3-6-15(12)21/h3-6,8-9,21H,2,7H2,1H3. The molecular formula is C16H14BrClN2O. The van der Waals surface area contributed by atoms with Gasteiger partial charge in [0.1, 0.15) is 11.6 Å². The summed E-state index contributed by atoms with van der Waals surface area (Å²) >= 11 is 9.55. The van der Waals surface area contributed by atoms with Crippen LogP contribution in [0.15, 0.2) is 40.9 Å². The van der Waals surface area contributed by atoms with E-state index in [0.717, 1.165) is 34.3 Å². The van der Waals surface area contributed by atoms with Gasteiger partial charge in [-0.25, -0.2) is 4.98 Å². The molecule has 0 aliphatic heterocycles. The van der Waals surface area contributed by atoms with Crippen molar-refractivity contribution in [2.45, 2.75) is 19.9 Å². The maximum Gasteiger partial charge on any atom is 0.144 e. The van der Waals surface area contributed by atoms with Gasteiger partial charge in [-0.2, -0.15) is 0 Å². The van der Waals surface area contributed by atoms with Gasteiger partial charge < -0.3 is 9.67 Å². The average Bonchev–Trinajstić information content (AvgIpc) is 2.80. The Kier molecular flexibility index (Phi) is 3.91. The summed E-state index contributed by atoms with van der Waals surface area (Å²) in [6.45, 7) is 2.93. The van der Waals surface area contributed by atoms with Gasteiger partial charge in [0.2, 0.25) is 0 Å². The molecule has 21 heavy (non-hydrogen) atoms. The molecule has 0 radical (unpaired) electrons. The molecule has 1 heterocycles. The number of aromatic hydroxyl groups is 1. The third kappa shape index (κ3) is 2.65. The number of aromatic nitrogens is 2. The monoisotopic (exact) mass is 364 g/mol. The lowest BCUT2D eigenvalue weighted by Gasteiger charge is -2.09. The lowest BCUT2D eigenvalue weighted by Crippen LogP contribution is -2.00. The van der Waals surface area contributed by atoms with E-state index in [4.69, 9.17) is 11.6 Å². The number of hydrogen-bond acceptors (Lipinski definition) is 2. The van der Waals surface area contributed by atoms with Gasteiger partial charge in [0.15, 0.2) is 0 Å². The number of benzene rings is 2. The van der Waals surface area contributed by atoms with Crippen molar-refractivity contribution in [2.24, 2.45) is 0 Å².